The molecule has 1 heterocycles. The molecule has 0 spiro atoms. The number of aromatic nitrogens is 1. The zero-order chi connectivity index (χ0) is 24.5. The van der Waals surface area contributed by atoms with Crippen molar-refractivity contribution in [2.75, 3.05) is 5.32 Å². The van der Waals surface area contributed by atoms with Gasteiger partial charge in [0, 0.05) is 22.8 Å². The Hall–Kier alpha value is -3.66. The second kappa shape index (κ2) is 8.94. The van der Waals surface area contributed by atoms with Gasteiger partial charge in [-0.1, -0.05) is 36.4 Å². The summed E-state index contributed by atoms with van der Waals surface area (Å²) in [5.74, 6) is -1.47. The number of benzene rings is 3. The number of carbonyl (C=O) groups excluding carboxylic acids is 1. The van der Waals surface area contributed by atoms with E-state index in [2.05, 4.69) is 5.32 Å². The smallest absolute Gasteiger partial charge is 0.337 e. The summed E-state index contributed by atoms with van der Waals surface area (Å²) in [5.41, 5.74) is -0.0498. The summed E-state index contributed by atoms with van der Waals surface area (Å²) in [6.07, 6.45) is -3.22. The molecule has 0 radical (unpaired) electrons. The second-order valence-electron chi connectivity index (χ2n) is 7.65. The third-order valence-corrected chi connectivity index (χ3v) is 6.85. The van der Waals surface area contributed by atoms with Crippen LogP contribution in [0.3, 0.4) is 0 Å². The lowest BCUT2D eigenvalue weighted by molar-refractivity contribution is -0.137. The van der Waals surface area contributed by atoms with E-state index in [1.54, 1.807) is 24.3 Å². The van der Waals surface area contributed by atoms with E-state index in [-0.39, 0.29) is 22.9 Å². The number of carbonyl (C=O) groups is 1. The van der Waals surface area contributed by atoms with Crippen LogP contribution < -0.4 is 5.32 Å². The summed E-state index contributed by atoms with van der Waals surface area (Å²) in [6.45, 7) is -0.317. The average molecular weight is 490 g/mol. The van der Waals surface area contributed by atoms with Crippen molar-refractivity contribution in [3.05, 3.63) is 95.9 Å². The number of para-hydroxylation sites is 1. The van der Waals surface area contributed by atoms with Crippen molar-refractivity contribution in [2.45, 2.75) is 23.4 Å². The number of nitrogens with zero attached hydrogens (tertiary/aromatic N) is 1. The minimum Gasteiger partial charge on any atom is -0.337 e. The standard InChI is InChI=1S/C24H18F4N2O3S/c25-18-10-8-16(9-11-18)15-34(32,33)22-13-30(21-7-2-1-6-20(21)22)14-23(31)29-19-5-3-4-17(12-19)24(26,27)28/h1-13H,14-15H2,(H,29,31). The van der Waals surface area contributed by atoms with Crippen molar-refractivity contribution >= 4 is 32.3 Å². The first kappa shape index (κ1) is 23.5. The number of alkyl halides is 3. The zero-order valence-electron chi connectivity index (χ0n) is 17.5. The van der Waals surface area contributed by atoms with E-state index in [1.807, 2.05) is 0 Å². The van der Waals surface area contributed by atoms with Crippen molar-refractivity contribution in [1.29, 1.82) is 0 Å². The van der Waals surface area contributed by atoms with E-state index in [0.29, 0.717) is 16.5 Å². The molecule has 0 saturated heterocycles. The van der Waals surface area contributed by atoms with Crippen molar-refractivity contribution in [3.8, 4) is 0 Å². The van der Waals surface area contributed by atoms with E-state index in [1.165, 1.54) is 47.2 Å². The summed E-state index contributed by atoms with van der Waals surface area (Å²) in [4.78, 5) is 12.6. The Labute approximate surface area is 192 Å². The maximum Gasteiger partial charge on any atom is 0.416 e. The number of fused-ring (bicyclic) bond motifs is 1. The highest BCUT2D eigenvalue weighted by Gasteiger charge is 2.30. The highest BCUT2D eigenvalue weighted by molar-refractivity contribution is 7.90. The van der Waals surface area contributed by atoms with Gasteiger partial charge in [-0.3, -0.25) is 4.79 Å². The minimum atomic E-state index is -4.55. The summed E-state index contributed by atoms with van der Waals surface area (Å²) >= 11 is 0. The van der Waals surface area contributed by atoms with Gasteiger partial charge in [-0.25, -0.2) is 12.8 Å². The van der Waals surface area contributed by atoms with Crippen LogP contribution in [-0.2, 0) is 33.1 Å². The maximum absolute atomic E-state index is 13.2. The lowest BCUT2D eigenvalue weighted by atomic mass is 10.2. The van der Waals surface area contributed by atoms with Crippen LogP contribution in [0.15, 0.2) is 83.9 Å². The average Bonchev–Trinajstić information content (AvgIpc) is 3.14. The molecule has 0 unspecified atom stereocenters. The first-order chi connectivity index (χ1) is 16.0. The quantitative estimate of drug-likeness (QED) is 0.368. The maximum atomic E-state index is 13.2. The van der Waals surface area contributed by atoms with Gasteiger partial charge in [-0.05, 0) is 42.0 Å². The topological polar surface area (TPSA) is 68.2 Å². The highest BCUT2D eigenvalue weighted by atomic mass is 32.2. The fourth-order valence-corrected chi connectivity index (χ4v) is 5.18. The monoisotopic (exact) mass is 490 g/mol. The highest BCUT2D eigenvalue weighted by Crippen LogP contribution is 2.31. The molecule has 0 aliphatic heterocycles. The SMILES string of the molecule is O=C(Cn1cc(S(=O)(=O)Cc2ccc(F)cc2)c2ccccc21)Nc1cccc(C(F)(F)F)c1. The molecule has 1 N–H and O–H groups in total. The number of rotatable bonds is 6. The van der Waals surface area contributed by atoms with Crippen LogP contribution in [0.1, 0.15) is 11.1 Å². The largest absolute Gasteiger partial charge is 0.416 e. The molecule has 10 heteroatoms. The van der Waals surface area contributed by atoms with Gasteiger partial charge in [-0.15, -0.1) is 0 Å². The fraction of sp³-hybridized carbons (Fsp3) is 0.125. The number of hydrogen-bond donors (Lipinski definition) is 1. The number of halogens is 4. The van der Waals surface area contributed by atoms with Gasteiger partial charge in [0.15, 0.2) is 9.84 Å². The molecule has 0 aliphatic rings. The summed E-state index contributed by atoms with van der Waals surface area (Å²) in [6, 6.07) is 15.9. The summed E-state index contributed by atoms with van der Waals surface area (Å²) in [5, 5.41) is 2.82. The minimum absolute atomic E-state index is 0.000654. The molecule has 0 aliphatic carbocycles. The molecule has 0 bridgehead atoms. The molecular weight excluding hydrogens is 472 g/mol. The van der Waals surface area contributed by atoms with Gasteiger partial charge in [-0.2, -0.15) is 13.2 Å². The predicted octanol–water partition coefficient (Wildman–Crippen LogP) is 5.41. The molecule has 0 fully saturated rings. The normalized spacial score (nSPS) is 12.1. The summed E-state index contributed by atoms with van der Waals surface area (Å²) < 4.78 is 79.6. The lowest BCUT2D eigenvalue weighted by Crippen LogP contribution is -2.18. The second-order valence-corrected chi connectivity index (χ2v) is 9.61. The number of amides is 1. The fourth-order valence-electron chi connectivity index (χ4n) is 3.60. The van der Waals surface area contributed by atoms with Gasteiger partial charge in [0.2, 0.25) is 5.91 Å². The first-order valence-electron chi connectivity index (χ1n) is 10.1. The van der Waals surface area contributed by atoms with E-state index in [9.17, 15) is 30.8 Å². The molecule has 1 aromatic heterocycles. The third-order valence-electron chi connectivity index (χ3n) is 5.14. The van der Waals surface area contributed by atoms with E-state index >= 15 is 0 Å². The molecule has 4 rings (SSSR count). The van der Waals surface area contributed by atoms with Crippen molar-refractivity contribution in [3.63, 3.8) is 0 Å². The van der Waals surface area contributed by atoms with Crippen LogP contribution in [0.2, 0.25) is 0 Å². The molecule has 5 nitrogen and oxygen atoms in total. The van der Waals surface area contributed by atoms with E-state index in [4.69, 9.17) is 0 Å². The number of nitrogens with one attached hydrogen (secondary N) is 1. The van der Waals surface area contributed by atoms with Crippen LogP contribution in [-0.4, -0.2) is 18.9 Å². The van der Waals surface area contributed by atoms with Crippen molar-refractivity contribution in [2.24, 2.45) is 0 Å². The Kier molecular flexibility index (Phi) is 6.18. The number of anilines is 1. The third kappa shape index (κ3) is 5.12. The molecule has 4 aromatic rings. The Morgan fingerprint density at radius 3 is 2.35 bits per heavy atom. The van der Waals surface area contributed by atoms with Gasteiger partial charge in [0.05, 0.1) is 16.2 Å². The Morgan fingerprint density at radius 1 is 0.941 bits per heavy atom. The van der Waals surface area contributed by atoms with Crippen LogP contribution in [0.25, 0.3) is 10.9 Å². The molecule has 3 aromatic carbocycles. The molecule has 34 heavy (non-hydrogen) atoms. The lowest BCUT2D eigenvalue weighted by Gasteiger charge is -2.10. The molecule has 0 saturated carbocycles. The molecular formula is C24H18F4N2O3S. The van der Waals surface area contributed by atoms with Crippen LogP contribution in [0.5, 0.6) is 0 Å². The van der Waals surface area contributed by atoms with Gasteiger partial charge in [0.25, 0.3) is 0 Å². The van der Waals surface area contributed by atoms with Crippen molar-refractivity contribution in [1.82, 2.24) is 4.57 Å². The molecule has 176 valence electrons. The molecule has 1 amide bonds. The van der Waals surface area contributed by atoms with Crippen molar-refractivity contribution < 1.29 is 30.8 Å². The van der Waals surface area contributed by atoms with Gasteiger partial charge >= 0.3 is 6.18 Å². The number of sulfone groups is 1. The van der Waals surface area contributed by atoms with Crippen LogP contribution in [0, 0.1) is 5.82 Å². The van der Waals surface area contributed by atoms with E-state index < -0.39 is 33.3 Å². The Bertz CT molecular complexity index is 1460. The first-order valence-corrected chi connectivity index (χ1v) is 11.7. The molecule has 0 atom stereocenters. The van der Waals surface area contributed by atoms with Gasteiger partial charge in [0.1, 0.15) is 12.4 Å². The van der Waals surface area contributed by atoms with Gasteiger partial charge < -0.3 is 9.88 Å². The Morgan fingerprint density at radius 2 is 1.65 bits per heavy atom. The predicted molar refractivity (Wildman–Crippen MR) is 119 cm³/mol. The van der Waals surface area contributed by atoms with Crippen LogP contribution in [0.4, 0.5) is 23.2 Å². The zero-order valence-corrected chi connectivity index (χ0v) is 18.3. The Balaban J connectivity index is 1.61. The van der Waals surface area contributed by atoms with Crippen LogP contribution >= 0.6 is 0 Å². The van der Waals surface area contributed by atoms with E-state index in [0.717, 1.165) is 12.1 Å². The summed E-state index contributed by atoms with van der Waals surface area (Å²) in [7, 11) is -3.85. The number of hydrogen-bond acceptors (Lipinski definition) is 3.